The van der Waals surface area contributed by atoms with Crippen molar-refractivity contribution in [2.24, 2.45) is 5.16 Å². The standard InChI is InChI=1S/C19H28FN3O2/c1-4-23(5-2)11-7-8-14(3)21-19(24)18-13-17(22-25-18)15-9-6-10-16(20)12-15/h6,9-10,12,14,18H,4-5,7-8,11,13H2,1-3H3,(H,21,24)/t14-,18-/m0/s1. The molecule has 1 N–H and O–H groups in total. The number of oxime groups is 1. The van der Waals surface area contributed by atoms with Gasteiger partial charge >= 0.3 is 0 Å². The van der Waals surface area contributed by atoms with Gasteiger partial charge in [0.2, 0.25) is 6.10 Å². The highest BCUT2D eigenvalue weighted by Gasteiger charge is 2.29. The molecule has 25 heavy (non-hydrogen) atoms. The van der Waals surface area contributed by atoms with Crippen molar-refractivity contribution in [3.8, 4) is 0 Å². The second kappa shape index (κ2) is 9.51. The van der Waals surface area contributed by atoms with Crippen LogP contribution in [0.4, 0.5) is 4.39 Å². The summed E-state index contributed by atoms with van der Waals surface area (Å²) in [5, 5.41) is 6.93. The van der Waals surface area contributed by atoms with E-state index in [1.165, 1.54) is 12.1 Å². The number of nitrogens with one attached hydrogen (secondary N) is 1. The maximum atomic E-state index is 13.3. The van der Waals surface area contributed by atoms with E-state index in [2.05, 4.69) is 29.2 Å². The lowest BCUT2D eigenvalue weighted by molar-refractivity contribution is -0.131. The SMILES string of the molecule is CCN(CC)CCC[C@H](C)NC(=O)[C@@H]1CC(c2cccc(F)c2)=NO1. The predicted molar refractivity (Wildman–Crippen MR) is 97.1 cm³/mol. The summed E-state index contributed by atoms with van der Waals surface area (Å²) >= 11 is 0. The maximum absolute atomic E-state index is 13.3. The van der Waals surface area contributed by atoms with Gasteiger partial charge in [0.1, 0.15) is 5.82 Å². The van der Waals surface area contributed by atoms with Gasteiger partial charge in [-0.2, -0.15) is 0 Å². The van der Waals surface area contributed by atoms with E-state index in [0.717, 1.165) is 32.5 Å². The van der Waals surface area contributed by atoms with Crippen molar-refractivity contribution in [1.29, 1.82) is 0 Å². The zero-order valence-corrected chi connectivity index (χ0v) is 15.3. The molecule has 0 fully saturated rings. The molecule has 0 radical (unpaired) electrons. The molecular weight excluding hydrogens is 321 g/mol. The second-order valence-corrected chi connectivity index (χ2v) is 6.43. The van der Waals surface area contributed by atoms with Crippen molar-refractivity contribution >= 4 is 11.6 Å². The predicted octanol–water partition coefficient (Wildman–Crippen LogP) is 2.95. The van der Waals surface area contributed by atoms with Crippen LogP contribution in [0.25, 0.3) is 0 Å². The highest BCUT2D eigenvalue weighted by atomic mass is 19.1. The fraction of sp³-hybridized carbons (Fsp3) is 0.579. The molecule has 0 saturated heterocycles. The van der Waals surface area contributed by atoms with E-state index < -0.39 is 6.10 Å². The molecule has 6 heteroatoms. The van der Waals surface area contributed by atoms with Crippen LogP contribution in [-0.4, -0.2) is 48.3 Å². The van der Waals surface area contributed by atoms with Crippen LogP contribution in [0.1, 0.15) is 45.6 Å². The molecule has 1 aromatic carbocycles. The number of hydrogen-bond donors (Lipinski definition) is 1. The van der Waals surface area contributed by atoms with E-state index in [1.54, 1.807) is 12.1 Å². The van der Waals surface area contributed by atoms with Gasteiger partial charge in [0.15, 0.2) is 0 Å². The Morgan fingerprint density at radius 3 is 2.88 bits per heavy atom. The van der Waals surface area contributed by atoms with Crippen molar-refractivity contribution < 1.29 is 14.0 Å². The van der Waals surface area contributed by atoms with Gasteiger partial charge in [-0.3, -0.25) is 4.79 Å². The molecule has 1 aromatic rings. The number of halogens is 1. The minimum absolute atomic E-state index is 0.0879. The fourth-order valence-electron chi connectivity index (χ4n) is 2.93. The summed E-state index contributed by atoms with van der Waals surface area (Å²) in [7, 11) is 0. The van der Waals surface area contributed by atoms with Crippen LogP contribution in [0.15, 0.2) is 29.4 Å². The van der Waals surface area contributed by atoms with Crippen LogP contribution < -0.4 is 5.32 Å². The molecule has 5 nitrogen and oxygen atoms in total. The van der Waals surface area contributed by atoms with Crippen LogP contribution in [0.5, 0.6) is 0 Å². The molecule has 0 aromatic heterocycles. The number of amides is 1. The van der Waals surface area contributed by atoms with Crippen LogP contribution >= 0.6 is 0 Å². The summed E-state index contributed by atoms with van der Waals surface area (Å²) in [6, 6.07) is 6.26. The Morgan fingerprint density at radius 2 is 2.20 bits per heavy atom. The Kier molecular flexibility index (Phi) is 7.37. The van der Waals surface area contributed by atoms with E-state index in [4.69, 9.17) is 4.84 Å². The number of nitrogens with zero attached hydrogens (tertiary/aromatic N) is 2. The van der Waals surface area contributed by atoms with E-state index in [-0.39, 0.29) is 17.8 Å². The van der Waals surface area contributed by atoms with Gasteiger partial charge in [-0.05, 0) is 51.5 Å². The van der Waals surface area contributed by atoms with Crippen molar-refractivity contribution in [2.45, 2.75) is 52.2 Å². The van der Waals surface area contributed by atoms with Gasteiger partial charge in [-0.25, -0.2) is 4.39 Å². The van der Waals surface area contributed by atoms with Gasteiger partial charge in [0.05, 0.1) is 5.71 Å². The van der Waals surface area contributed by atoms with Gasteiger partial charge in [-0.1, -0.05) is 31.1 Å². The molecule has 0 unspecified atom stereocenters. The first-order chi connectivity index (χ1) is 12.0. The lowest BCUT2D eigenvalue weighted by Gasteiger charge is -2.20. The Hall–Kier alpha value is -1.95. The molecule has 2 atom stereocenters. The van der Waals surface area contributed by atoms with Crippen molar-refractivity contribution in [2.75, 3.05) is 19.6 Å². The third-order valence-electron chi connectivity index (χ3n) is 4.51. The second-order valence-electron chi connectivity index (χ2n) is 6.43. The first-order valence-electron chi connectivity index (χ1n) is 9.04. The summed E-state index contributed by atoms with van der Waals surface area (Å²) in [6.45, 7) is 9.45. The Bertz CT molecular complexity index is 602. The summed E-state index contributed by atoms with van der Waals surface area (Å²) in [6.07, 6.45) is 1.69. The van der Waals surface area contributed by atoms with E-state index >= 15 is 0 Å². The number of hydrogen-bond acceptors (Lipinski definition) is 4. The smallest absolute Gasteiger partial charge is 0.264 e. The summed E-state index contributed by atoms with van der Waals surface area (Å²) < 4.78 is 13.3. The monoisotopic (exact) mass is 349 g/mol. The Labute approximate surface area is 149 Å². The van der Waals surface area contributed by atoms with Crippen LogP contribution in [-0.2, 0) is 9.63 Å². The number of rotatable bonds is 9. The third kappa shape index (κ3) is 5.81. The van der Waals surface area contributed by atoms with Gasteiger partial charge in [0.25, 0.3) is 5.91 Å². The first kappa shape index (κ1) is 19.4. The topological polar surface area (TPSA) is 53.9 Å². The van der Waals surface area contributed by atoms with Crippen LogP contribution in [0.3, 0.4) is 0 Å². The van der Waals surface area contributed by atoms with Crippen molar-refractivity contribution in [3.63, 3.8) is 0 Å². The minimum atomic E-state index is -0.636. The van der Waals surface area contributed by atoms with E-state index in [9.17, 15) is 9.18 Å². The quantitative estimate of drug-likeness (QED) is 0.746. The number of carbonyl (C=O) groups excluding carboxylic acids is 1. The van der Waals surface area contributed by atoms with Gasteiger partial charge in [0, 0.05) is 18.0 Å². The average Bonchev–Trinajstić information content (AvgIpc) is 3.09. The molecule has 1 aliphatic rings. The molecule has 0 aliphatic carbocycles. The molecule has 0 spiro atoms. The molecule has 138 valence electrons. The molecule has 0 bridgehead atoms. The van der Waals surface area contributed by atoms with E-state index in [1.807, 2.05) is 6.92 Å². The number of benzene rings is 1. The summed E-state index contributed by atoms with van der Waals surface area (Å²) in [5.74, 6) is -0.486. The first-order valence-corrected chi connectivity index (χ1v) is 9.04. The zero-order chi connectivity index (χ0) is 18.2. The lowest BCUT2D eigenvalue weighted by Crippen LogP contribution is -2.40. The Morgan fingerprint density at radius 1 is 1.44 bits per heavy atom. The molecule has 1 aliphatic heterocycles. The fourth-order valence-corrected chi connectivity index (χ4v) is 2.93. The summed E-state index contributed by atoms with van der Waals surface area (Å²) in [4.78, 5) is 19.9. The molecule has 0 saturated carbocycles. The summed E-state index contributed by atoms with van der Waals surface area (Å²) in [5.41, 5.74) is 1.26. The molecule has 1 amide bonds. The van der Waals surface area contributed by atoms with Crippen molar-refractivity contribution in [1.82, 2.24) is 10.2 Å². The van der Waals surface area contributed by atoms with Crippen LogP contribution in [0, 0.1) is 5.82 Å². The highest BCUT2D eigenvalue weighted by Crippen LogP contribution is 2.18. The third-order valence-corrected chi connectivity index (χ3v) is 4.51. The number of carbonyl (C=O) groups is 1. The largest absolute Gasteiger partial charge is 0.382 e. The van der Waals surface area contributed by atoms with Crippen LogP contribution in [0.2, 0.25) is 0 Å². The average molecular weight is 349 g/mol. The minimum Gasteiger partial charge on any atom is -0.382 e. The van der Waals surface area contributed by atoms with Gasteiger partial charge < -0.3 is 15.1 Å². The maximum Gasteiger partial charge on any atom is 0.264 e. The lowest BCUT2D eigenvalue weighted by atomic mass is 10.0. The van der Waals surface area contributed by atoms with E-state index in [0.29, 0.717) is 17.7 Å². The molecule has 2 rings (SSSR count). The molecule has 1 heterocycles. The Balaban J connectivity index is 1.75. The molecular formula is C19H28FN3O2. The van der Waals surface area contributed by atoms with Gasteiger partial charge in [-0.15, -0.1) is 0 Å². The zero-order valence-electron chi connectivity index (χ0n) is 15.3. The normalized spacial score (nSPS) is 18.0. The highest BCUT2D eigenvalue weighted by molar-refractivity contribution is 6.04. The van der Waals surface area contributed by atoms with Crippen molar-refractivity contribution in [3.05, 3.63) is 35.6 Å².